The Morgan fingerprint density at radius 2 is 2.11 bits per heavy atom. The van der Waals surface area contributed by atoms with Crippen molar-refractivity contribution >= 4 is 5.91 Å². The summed E-state index contributed by atoms with van der Waals surface area (Å²) in [5.74, 6) is 0.448. The number of rotatable bonds is 6. The van der Waals surface area contributed by atoms with E-state index in [4.69, 9.17) is 0 Å². The first-order valence-corrected chi connectivity index (χ1v) is 7.65. The van der Waals surface area contributed by atoms with E-state index >= 15 is 0 Å². The van der Waals surface area contributed by atoms with Gasteiger partial charge in [0, 0.05) is 12.5 Å². The van der Waals surface area contributed by atoms with Crippen molar-refractivity contribution in [3.63, 3.8) is 0 Å². The Labute approximate surface area is 112 Å². The Morgan fingerprint density at radius 1 is 1.33 bits per heavy atom. The Balaban J connectivity index is 2.64. The predicted molar refractivity (Wildman–Crippen MR) is 74.4 cm³/mol. The number of unbranched alkanes of at least 4 members (excludes halogenated alkanes) is 1. The number of hydrogen-bond acceptors (Lipinski definition) is 2. The van der Waals surface area contributed by atoms with Gasteiger partial charge in [-0.15, -0.1) is 0 Å². The van der Waals surface area contributed by atoms with Crippen LogP contribution in [0.5, 0.6) is 0 Å². The molecule has 0 spiro atoms. The molecule has 1 N–H and O–H groups in total. The van der Waals surface area contributed by atoms with Crippen molar-refractivity contribution in [3.05, 3.63) is 0 Å². The van der Waals surface area contributed by atoms with Crippen LogP contribution in [0.3, 0.4) is 0 Å². The molecule has 1 saturated heterocycles. The number of hydrogen-bond donors (Lipinski definition) is 1. The van der Waals surface area contributed by atoms with Crippen molar-refractivity contribution in [1.82, 2.24) is 4.90 Å². The average Bonchev–Trinajstić information content (AvgIpc) is 2.64. The van der Waals surface area contributed by atoms with Gasteiger partial charge in [-0.05, 0) is 25.7 Å². The molecule has 0 bridgehead atoms. The Bertz CT molecular complexity index is 243. The zero-order chi connectivity index (χ0) is 13.4. The van der Waals surface area contributed by atoms with Gasteiger partial charge < -0.3 is 10.0 Å². The molecule has 0 saturated carbocycles. The highest BCUT2D eigenvalue weighted by Crippen LogP contribution is 2.22. The molecule has 1 heterocycles. The first kappa shape index (κ1) is 15.5. The summed E-state index contributed by atoms with van der Waals surface area (Å²) in [5, 5.41) is 9.47. The molecule has 0 aromatic heterocycles. The summed E-state index contributed by atoms with van der Waals surface area (Å²) in [5.41, 5.74) is 0. The highest BCUT2D eigenvalue weighted by atomic mass is 16.3. The largest absolute Gasteiger partial charge is 0.394 e. The minimum atomic E-state index is 0.0654. The third-order valence-corrected chi connectivity index (χ3v) is 4.12. The van der Waals surface area contributed by atoms with E-state index in [-0.39, 0.29) is 24.5 Å². The van der Waals surface area contributed by atoms with E-state index in [1.807, 2.05) is 4.90 Å². The second-order valence-electron chi connectivity index (χ2n) is 5.46. The summed E-state index contributed by atoms with van der Waals surface area (Å²) in [6.45, 7) is 5.23. The minimum Gasteiger partial charge on any atom is -0.394 e. The van der Waals surface area contributed by atoms with Crippen LogP contribution in [0, 0.1) is 5.92 Å². The Kier molecular flexibility index (Phi) is 7.33. The maximum atomic E-state index is 12.6. The van der Waals surface area contributed by atoms with E-state index in [0.29, 0.717) is 0 Å². The summed E-state index contributed by atoms with van der Waals surface area (Å²) in [7, 11) is 0. The molecule has 1 rings (SSSR count). The lowest BCUT2D eigenvalue weighted by Crippen LogP contribution is -2.45. The molecule has 3 heteroatoms. The van der Waals surface area contributed by atoms with E-state index in [1.54, 1.807) is 0 Å². The molecule has 3 nitrogen and oxygen atoms in total. The van der Waals surface area contributed by atoms with E-state index in [2.05, 4.69) is 13.8 Å². The lowest BCUT2D eigenvalue weighted by atomic mass is 9.96. The minimum absolute atomic E-state index is 0.0654. The number of aliphatic hydroxyl groups is 1. The average molecular weight is 255 g/mol. The van der Waals surface area contributed by atoms with E-state index < -0.39 is 0 Å². The highest BCUT2D eigenvalue weighted by molar-refractivity contribution is 5.79. The number of carbonyl (C=O) groups is 1. The van der Waals surface area contributed by atoms with Gasteiger partial charge in [0.15, 0.2) is 0 Å². The molecule has 1 amide bonds. The fourth-order valence-corrected chi connectivity index (χ4v) is 2.84. The molecule has 2 atom stereocenters. The zero-order valence-electron chi connectivity index (χ0n) is 12.0. The molecule has 0 aromatic rings. The third kappa shape index (κ3) is 4.27. The number of nitrogens with zero attached hydrogens (tertiary/aromatic N) is 1. The van der Waals surface area contributed by atoms with Crippen molar-refractivity contribution in [3.8, 4) is 0 Å². The molecule has 106 valence electrons. The summed E-state index contributed by atoms with van der Waals surface area (Å²) < 4.78 is 0. The molecule has 0 aliphatic carbocycles. The van der Waals surface area contributed by atoms with Gasteiger partial charge in [0.2, 0.25) is 5.91 Å². The molecule has 0 aromatic carbocycles. The lowest BCUT2D eigenvalue weighted by molar-refractivity contribution is -0.139. The topological polar surface area (TPSA) is 40.5 Å². The number of likely N-dealkylation sites (tertiary alicyclic amines) is 1. The van der Waals surface area contributed by atoms with Crippen LogP contribution in [0.25, 0.3) is 0 Å². The van der Waals surface area contributed by atoms with E-state index in [9.17, 15) is 9.90 Å². The third-order valence-electron chi connectivity index (χ3n) is 4.12. The predicted octanol–water partition coefficient (Wildman–Crippen LogP) is 2.97. The Morgan fingerprint density at radius 3 is 2.72 bits per heavy atom. The van der Waals surface area contributed by atoms with Gasteiger partial charge in [-0.3, -0.25) is 4.79 Å². The molecule has 1 aliphatic rings. The van der Waals surface area contributed by atoms with Crippen molar-refractivity contribution in [1.29, 1.82) is 0 Å². The normalized spacial score (nSPS) is 22.6. The van der Waals surface area contributed by atoms with Crippen LogP contribution in [-0.4, -0.2) is 35.1 Å². The fourth-order valence-electron chi connectivity index (χ4n) is 2.84. The summed E-state index contributed by atoms with van der Waals surface area (Å²) in [6, 6.07) is 0.0654. The van der Waals surface area contributed by atoms with Crippen LogP contribution in [-0.2, 0) is 4.79 Å². The fraction of sp³-hybridized carbons (Fsp3) is 0.933. The second kappa shape index (κ2) is 8.52. The molecule has 0 radical (unpaired) electrons. The van der Waals surface area contributed by atoms with Gasteiger partial charge in [-0.25, -0.2) is 0 Å². The maximum Gasteiger partial charge on any atom is 0.225 e. The summed E-state index contributed by atoms with van der Waals surface area (Å²) in [6.07, 6.45) is 8.58. The smallest absolute Gasteiger partial charge is 0.225 e. The molecular weight excluding hydrogens is 226 g/mol. The van der Waals surface area contributed by atoms with Crippen LogP contribution in [0.1, 0.15) is 65.2 Å². The van der Waals surface area contributed by atoms with Crippen molar-refractivity contribution < 1.29 is 9.90 Å². The van der Waals surface area contributed by atoms with E-state index in [1.165, 1.54) is 6.42 Å². The van der Waals surface area contributed by atoms with Crippen LogP contribution < -0.4 is 0 Å². The lowest BCUT2D eigenvalue weighted by Gasteiger charge is -2.32. The first-order chi connectivity index (χ1) is 8.74. The quantitative estimate of drug-likeness (QED) is 0.792. The second-order valence-corrected chi connectivity index (χ2v) is 5.46. The van der Waals surface area contributed by atoms with Gasteiger partial charge in [-0.1, -0.05) is 39.5 Å². The molecule has 2 unspecified atom stereocenters. The van der Waals surface area contributed by atoms with E-state index in [0.717, 1.165) is 51.5 Å². The zero-order valence-corrected chi connectivity index (χ0v) is 12.0. The van der Waals surface area contributed by atoms with Crippen LogP contribution in [0.15, 0.2) is 0 Å². The number of aliphatic hydroxyl groups excluding tert-OH is 1. The first-order valence-electron chi connectivity index (χ1n) is 7.65. The van der Waals surface area contributed by atoms with Gasteiger partial charge >= 0.3 is 0 Å². The molecule has 1 fully saturated rings. The standard InChI is InChI=1S/C15H29NO2/c1-3-5-9-13(4-2)15(18)16-11-8-6-7-10-14(16)12-17/h13-14,17H,3-12H2,1-2H3. The molecular formula is C15H29NO2. The van der Waals surface area contributed by atoms with Crippen molar-refractivity contribution in [2.75, 3.05) is 13.2 Å². The number of amides is 1. The number of carbonyl (C=O) groups excluding carboxylic acids is 1. The molecule has 1 aliphatic heterocycles. The van der Waals surface area contributed by atoms with Crippen LogP contribution >= 0.6 is 0 Å². The van der Waals surface area contributed by atoms with Crippen molar-refractivity contribution in [2.24, 2.45) is 5.92 Å². The highest BCUT2D eigenvalue weighted by Gasteiger charge is 2.28. The summed E-state index contributed by atoms with van der Waals surface area (Å²) >= 11 is 0. The van der Waals surface area contributed by atoms with Gasteiger partial charge in [0.25, 0.3) is 0 Å². The van der Waals surface area contributed by atoms with Gasteiger partial charge in [-0.2, -0.15) is 0 Å². The van der Waals surface area contributed by atoms with Gasteiger partial charge in [0.05, 0.1) is 12.6 Å². The maximum absolute atomic E-state index is 12.6. The molecule has 18 heavy (non-hydrogen) atoms. The SMILES string of the molecule is CCCCC(CC)C(=O)N1CCCCCC1CO. The Hall–Kier alpha value is -0.570. The van der Waals surface area contributed by atoms with Crippen LogP contribution in [0.4, 0.5) is 0 Å². The van der Waals surface area contributed by atoms with Gasteiger partial charge in [0.1, 0.15) is 0 Å². The summed E-state index contributed by atoms with van der Waals surface area (Å²) in [4.78, 5) is 14.5. The van der Waals surface area contributed by atoms with Crippen LogP contribution in [0.2, 0.25) is 0 Å². The monoisotopic (exact) mass is 255 g/mol. The van der Waals surface area contributed by atoms with Crippen molar-refractivity contribution in [2.45, 2.75) is 71.3 Å².